The number of rotatable bonds is 8. The van der Waals surface area contributed by atoms with Gasteiger partial charge in [-0.15, -0.1) is 0 Å². The minimum Gasteiger partial charge on any atom is -0.469 e. The average Bonchev–Trinajstić information content (AvgIpc) is 2.93. The molecule has 0 unspecified atom stereocenters. The molecule has 0 bridgehead atoms. The number of aromatic nitrogens is 4. The Morgan fingerprint density at radius 3 is 2.26 bits per heavy atom. The molecule has 1 N–H and O–H groups in total. The summed E-state index contributed by atoms with van der Waals surface area (Å²) in [6.45, 7) is 7.33. The Balaban J connectivity index is 1.76. The largest absolute Gasteiger partial charge is 0.469 e. The van der Waals surface area contributed by atoms with Crippen LogP contribution in [0.3, 0.4) is 0 Å². The number of aryl methyl sites for hydroxylation is 2. The van der Waals surface area contributed by atoms with Crippen LogP contribution >= 0.6 is 0 Å². The third kappa shape index (κ3) is 6.40. The Morgan fingerprint density at radius 1 is 0.974 bits per heavy atom. The van der Waals surface area contributed by atoms with Gasteiger partial charge < -0.3 is 9.47 Å². The molecular weight excluding hydrogens is 498 g/mol. The molecule has 2 aromatic carbocycles. The third-order valence-corrected chi connectivity index (χ3v) is 6.47. The van der Waals surface area contributed by atoms with Crippen LogP contribution in [0.15, 0.2) is 81.4 Å². The van der Waals surface area contributed by atoms with Gasteiger partial charge in [0.25, 0.3) is 0 Å². The van der Waals surface area contributed by atoms with Crippen molar-refractivity contribution < 1.29 is 14.3 Å². The zero-order valence-electron chi connectivity index (χ0n) is 22.5. The lowest BCUT2D eigenvalue weighted by Gasteiger charge is -2.20. The second kappa shape index (κ2) is 11.8. The number of methoxy groups -OCH3 is 1. The van der Waals surface area contributed by atoms with Crippen molar-refractivity contribution in [3.8, 4) is 11.6 Å². The lowest BCUT2D eigenvalue weighted by Crippen LogP contribution is -2.52. The molecule has 2 atom stereocenters. The molecule has 39 heavy (non-hydrogen) atoms. The lowest BCUT2D eigenvalue weighted by atomic mass is 10.0. The molecule has 4 aromatic rings. The Morgan fingerprint density at radius 2 is 1.64 bits per heavy atom. The molecule has 2 aromatic heterocycles. The van der Waals surface area contributed by atoms with Crippen LogP contribution in [0.25, 0.3) is 0 Å². The predicted molar refractivity (Wildman–Crippen MR) is 146 cm³/mol. The van der Waals surface area contributed by atoms with E-state index in [9.17, 15) is 14.4 Å². The van der Waals surface area contributed by atoms with E-state index in [2.05, 4.69) is 15.0 Å². The molecule has 0 spiro atoms. The van der Waals surface area contributed by atoms with Crippen molar-refractivity contribution >= 4 is 11.7 Å². The van der Waals surface area contributed by atoms with Crippen LogP contribution in [0.1, 0.15) is 36.6 Å². The van der Waals surface area contributed by atoms with Gasteiger partial charge in [0.05, 0.1) is 31.3 Å². The number of hydrogen-bond donors (Lipinski definition) is 1. The number of benzene rings is 2. The van der Waals surface area contributed by atoms with Gasteiger partial charge in [-0.05, 0) is 63.1 Å². The van der Waals surface area contributed by atoms with Crippen molar-refractivity contribution in [3.63, 3.8) is 0 Å². The summed E-state index contributed by atoms with van der Waals surface area (Å²) in [6.07, 6.45) is 1.72. The van der Waals surface area contributed by atoms with E-state index in [4.69, 9.17) is 9.47 Å². The van der Waals surface area contributed by atoms with Gasteiger partial charge >= 0.3 is 17.3 Å². The molecule has 10 nitrogen and oxygen atoms in total. The molecule has 10 heteroatoms. The first kappa shape index (κ1) is 27.3. The zero-order chi connectivity index (χ0) is 28.1. The fraction of sp³-hybridized carbons (Fsp3) is 0.276. The van der Waals surface area contributed by atoms with Gasteiger partial charge in [0.2, 0.25) is 11.5 Å². The van der Waals surface area contributed by atoms with E-state index in [0.29, 0.717) is 17.3 Å². The Bertz CT molecular complexity index is 1630. The smallest absolute Gasteiger partial charge is 0.335 e. The highest BCUT2D eigenvalue weighted by atomic mass is 16.5. The van der Waals surface area contributed by atoms with Gasteiger partial charge in [0.1, 0.15) is 5.75 Å². The molecule has 0 saturated heterocycles. The molecule has 0 saturated carbocycles. The molecule has 0 radical (unpaired) electrons. The fourth-order valence-corrected chi connectivity index (χ4v) is 3.95. The van der Waals surface area contributed by atoms with Crippen LogP contribution in [0.2, 0.25) is 0 Å². The van der Waals surface area contributed by atoms with Gasteiger partial charge in [0.15, 0.2) is 0 Å². The molecule has 0 fully saturated rings. The number of carbonyl (C=O) groups is 1. The van der Waals surface area contributed by atoms with Crippen molar-refractivity contribution in [2.45, 2.75) is 40.3 Å². The number of aromatic amines is 1. The fourth-order valence-electron chi connectivity index (χ4n) is 3.95. The van der Waals surface area contributed by atoms with Gasteiger partial charge in [-0.3, -0.25) is 14.3 Å². The molecule has 0 amide bonds. The zero-order valence-corrected chi connectivity index (χ0v) is 22.5. The summed E-state index contributed by atoms with van der Waals surface area (Å²) in [7, 11) is 1.27. The molecule has 202 valence electrons. The van der Waals surface area contributed by atoms with Crippen molar-refractivity contribution in [3.05, 3.63) is 110 Å². The van der Waals surface area contributed by atoms with E-state index in [0.717, 1.165) is 21.3 Å². The maximum absolute atomic E-state index is 13.7. The number of H-pyrrole nitrogens is 1. The molecule has 0 aliphatic rings. The average molecular weight is 530 g/mol. The predicted octanol–water partition coefficient (Wildman–Crippen LogP) is 3.79. The van der Waals surface area contributed by atoms with Crippen LogP contribution < -0.4 is 21.7 Å². The maximum atomic E-state index is 13.7. The molecule has 4 rings (SSSR count). The van der Waals surface area contributed by atoms with Gasteiger partial charge in [-0.1, -0.05) is 35.9 Å². The maximum Gasteiger partial charge on any atom is 0.335 e. The van der Waals surface area contributed by atoms with E-state index < -0.39 is 29.3 Å². The summed E-state index contributed by atoms with van der Waals surface area (Å²) in [5, 5.41) is 0. The molecule has 0 aliphatic heterocycles. The second-order valence-corrected chi connectivity index (χ2v) is 9.41. The van der Waals surface area contributed by atoms with E-state index in [1.54, 1.807) is 50.4 Å². The Labute approximate surface area is 225 Å². The number of esters is 1. The minimum atomic E-state index is -0.751. The number of carbonyl (C=O) groups excluding carboxylic acids is 1. The SMILES string of the molecule is COC(=O)[C@H](C)[C@H](C)n1c(=O)[nH]/c(=N\c2ccc(Oc3ccc(C)cn3)cc2)n(Cc2ccc(C)cc2)c1=O. The lowest BCUT2D eigenvalue weighted by molar-refractivity contribution is -0.146. The van der Waals surface area contributed by atoms with E-state index in [1.165, 1.54) is 11.7 Å². The van der Waals surface area contributed by atoms with Gasteiger partial charge in [-0.25, -0.2) is 24.1 Å². The summed E-state index contributed by atoms with van der Waals surface area (Å²) < 4.78 is 13.0. The van der Waals surface area contributed by atoms with Crippen LogP contribution in [-0.2, 0) is 16.1 Å². The highest BCUT2D eigenvalue weighted by molar-refractivity contribution is 5.72. The van der Waals surface area contributed by atoms with Crippen molar-refractivity contribution in [2.24, 2.45) is 10.9 Å². The second-order valence-electron chi connectivity index (χ2n) is 9.41. The van der Waals surface area contributed by atoms with Crippen LogP contribution in [0, 0.1) is 19.8 Å². The molecule has 0 aliphatic carbocycles. The van der Waals surface area contributed by atoms with E-state index >= 15 is 0 Å². The van der Waals surface area contributed by atoms with Crippen molar-refractivity contribution in [1.29, 1.82) is 0 Å². The highest BCUT2D eigenvalue weighted by Crippen LogP contribution is 2.22. The summed E-state index contributed by atoms with van der Waals surface area (Å²) in [4.78, 5) is 50.4. The molecular formula is C29H31N5O5. The van der Waals surface area contributed by atoms with Crippen molar-refractivity contribution in [2.75, 3.05) is 7.11 Å². The van der Waals surface area contributed by atoms with Gasteiger partial charge in [0, 0.05) is 12.3 Å². The van der Waals surface area contributed by atoms with Gasteiger partial charge in [-0.2, -0.15) is 0 Å². The summed E-state index contributed by atoms with van der Waals surface area (Å²) in [6, 6.07) is 17.5. The van der Waals surface area contributed by atoms with Crippen LogP contribution in [0.4, 0.5) is 5.69 Å². The summed E-state index contributed by atoms with van der Waals surface area (Å²) in [5.41, 5.74) is 2.27. The summed E-state index contributed by atoms with van der Waals surface area (Å²) >= 11 is 0. The first-order chi connectivity index (χ1) is 18.7. The number of pyridine rings is 1. The number of nitrogens with zero attached hydrogens (tertiary/aromatic N) is 4. The molecule has 2 heterocycles. The highest BCUT2D eigenvalue weighted by Gasteiger charge is 2.26. The topological polar surface area (TPSA) is 121 Å². The summed E-state index contributed by atoms with van der Waals surface area (Å²) in [5.74, 6) is -0.215. The number of ether oxygens (including phenoxy) is 2. The van der Waals surface area contributed by atoms with Crippen LogP contribution in [-0.4, -0.2) is 32.2 Å². The van der Waals surface area contributed by atoms with E-state index in [-0.39, 0.29) is 12.2 Å². The number of nitrogens with one attached hydrogen (secondary N) is 1. The quantitative estimate of drug-likeness (QED) is 0.347. The van der Waals surface area contributed by atoms with Crippen molar-refractivity contribution in [1.82, 2.24) is 19.1 Å². The number of hydrogen-bond acceptors (Lipinski definition) is 7. The Hall–Kier alpha value is -4.73. The monoisotopic (exact) mass is 529 g/mol. The van der Waals surface area contributed by atoms with Crippen LogP contribution in [0.5, 0.6) is 11.6 Å². The first-order valence-electron chi connectivity index (χ1n) is 12.5. The standard InChI is InChI=1S/C29H31N5O5/c1-18-6-9-22(10-7-18)17-33-27(32-28(36)34(29(33)37)21(4)20(3)26(35)38-5)31-23-11-13-24(14-12-23)39-25-15-8-19(2)16-30-25/h6-16,20-21H,17H2,1-5H3,(H,31,32,36)/t20-,21+/m1/s1. The first-order valence-corrected chi connectivity index (χ1v) is 12.5. The van der Waals surface area contributed by atoms with E-state index in [1.807, 2.05) is 44.2 Å². The third-order valence-electron chi connectivity index (χ3n) is 6.47. The Kier molecular flexibility index (Phi) is 8.24. The normalized spacial score (nSPS) is 13.1. The minimum absolute atomic E-state index is 0.0774.